The number of rotatable bonds is 2. The van der Waals surface area contributed by atoms with Gasteiger partial charge in [0.25, 0.3) is 0 Å². The highest BCUT2D eigenvalue weighted by Crippen LogP contribution is 2.39. The molecular formula is C23H46OSi. The molecular weight excluding hydrogens is 320 g/mol. The number of hydrogen-bond acceptors (Lipinski definition) is 1. The predicted octanol–water partition coefficient (Wildman–Crippen LogP) is 8.04. The van der Waals surface area contributed by atoms with E-state index < -0.39 is 8.07 Å². The van der Waals surface area contributed by atoms with Crippen LogP contribution < -0.4 is 0 Å². The second-order valence-corrected chi connectivity index (χ2v) is 14.7. The summed E-state index contributed by atoms with van der Waals surface area (Å²) in [5, 5.41) is 0. The van der Waals surface area contributed by atoms with Gasteiger partial charge in [-0.05, 0) is 24.8 Å². The van der Waals surface area contributed by atoms with Gasteiger partial charge in [-0.2, -0.15) is 0 Å². The Morgan fingerprint density at radius 2 is 0.920 bits per heavy atom. The third-order valence-electron chi connectivity index (χ3n) is 7.17. The molecule has 1 saturated heterocycles. The summed E-state index contributed by atoms with van der Waals surface area (Å²) in [5.41, 5.74) is 1.65. The van der Waals surface area contributed by atoms with Crippen LogP contribution in [0.4, 0.5) is 0 Å². The molecule has 1 nitrogen and oxygen atoms in total. The molecule has 0 N–H and O–H groups in total. The molecule has 1 atom stereocenters. The summed E-state index contributed by atoms with van der Waals surface area (Å²) in [4.78, 5) is 0. The molecule has 2 aliphatic rings. The molecule has 25 heavy (non-hydrogen) atoms. The Balaban J connectivity index is 1.85. The zero-order valence-corrected chi connectivity index (χ0v) is 18.5. The van der Waals surface area contributed by atoms with Crippen LogP contribution in [0.2, 0.25) is 18.6 Å². The van der Waals surface area contributed by atoms with Gasteiger partial charge in [-0.1, -0.05) is 109 Å². The largest absolute Gasteiger partial charge is 0.382 e. The lowest BCUT2D eigenvalue weighted by Crippen LogP contribution is -2.49. The van der Waals surface area contributed by atoms with Gasteiger partial charge in [-0.3, -0.25) is 0 Å². The van der Waals surface area contributed by atoms with Gasteiger partial charge in [0.1, 0.15) is 0 Å². The van der Waals surface area contributed by atoms with Crippen LogP contribution in [0.25, 0.3) is 0 Å². The van der Waals surface area contributed by atoms with Crippen molar-refractivity contribution in [1.29, 1.82) is 0 Å². The van der Waals surface area contributed by atoms with E-state index in [1.54, 1.807) is 0 Å². The fourth-order valence-corrected chi connectivity index (χ4v) is 9.12. The Hall–Kier alpha value is 0.177. The SMILES string of the molecule is C[Si](C)(C1CCCCCCCCCCCCCCC1)C1CCCCO1. The van der Waals surface area contributed by atoms with E-state index >= 15 is 0 Å². The Morgan fingerprint density at radius 3 is 1.32 bits per heavy atom. The third kappa shape index (κ3) is 8.16. The van der Waals surface area contributed by atoms with Crippen LogP contribution in [0.5, 0.6) is 0 Å². The van der Waals surface area contributed by atoms with E-state index in [9.17, 15) is 0 Å². The van der Waals surface area contributed by atoms with Crippen LogP contribution >= 0.6 is 0 Å². The molecule has 1 saturated carbocycles. The Bertz CT molecular complexity index is 306. The number of hydrogen-bond donors (Lipinski definition) is 0. The lowest BCUT2D eigenvalue weighted by Gasteiger charge is -2.41. The molecule has 148 valence electrons. The minimum atomic E-state index is -1.29. The Labute approximate surface area is 159 Å². The van der Waals surface area contributed by atoms with E-state index in [1.165, 1.54) is 116 Å². The van der Waals surface area contributed by atoms with Crippen molar-refractivity contribution in [2.45, 2.75) is 140 Å². The summed E-state index contributed by atoms with van der Waals surface area (Å²) in [7, 11) is -1.29. The summed E-state index contributed by atoms with van der Waals surface area (Å²) >= 11 is 0. The highest BCUT2D eigenvalue weighted by molar-refractivity contribution is 6.80. The van der Waals surface area contributed by atoms with Crippen molar-refractivity contribution in [2.75, 3.05) is 6.61 Å². The minimum Gasteiger partial charge on any atom is -0.382 e. The molecule has 1 aliphatic carbocycles. The highest BCUT2D eigenvalue weighted by atomic mass is 28.3. The number of ether oxygens (including phenoxy) is 1. The molecule has 2 fully saturated rings. The average molecular weight is 367 g/mol. The van der Waals surface area contributed by atoms with Gasteiger partial charge in [-0.15, -0.1) is 0 Å². The molecule has 1 unspecified atom stereocenters. The monoisotopic (exact) mass is 366 g/mol. The maximum atomic E-state index is 6.30. The molecule has 1 heterocycles. The summed E-state index contributed by atoms with van der Waals surface area (Å²) in [6, 6.07) is 0. The van der Waals surface area contributed by atoms with E-state index in [0.29, 0.717) is 5.73 Å². The molecule has 2 heteroatoms. The molecule has 0 bridgehead atoms. The zero-order chi connectivity index (χ0) is 17.8. The standard InChI is InChI=1S/C23H46OSi/c1-25(2,23-20-16-17-21-24-23)22-18-14-12-10-8-6-4-3-5-7-9-11-13-15-19-22/h22-23H,3-21H2,1-2H3. The van der Waals surface area contributed by atoms with Gasteiger partial charge in [0, 0.05) is 12.3 Å². The molecule has 0 aromatic heterocycles. The van der Waals surface area contributed by atoms with Crippen LogP contribution in [0.3, 0.4) is 0 Å². The third-order valence-corrected chi connectivity index (χ3v) is 12.0. The zero-order valence-electron chi connectivity index (χ0n) is 17.5. The molecule has 0 aromatic rings. The van der Waals surface area contributed by atoms with Crippen LogP contribution in [0.15, 0.2) is 0 Å². The predicted molar refractivity (Wildman–Crippen MR) is 114 cm³/mol. The van der Waals surface area contributed by atoms with Gasteiger partial charge in [0.2, 0.25) is 0 Å². The second-order valence-electron chi connectivity index (χ2n) is 9.55. The van der Waals surface area contributed by atoms with E-state index in [2.05, 4.69) is 13.1 Å². The molecule has 0 amide bonds. The van der Waals surface area contributed by atoms with E-state index in [0.717, 1.165) is 12.1 Å². The molecule has 0 spiro atoms. The normalized spacial score (nSPS) is 27.8. The summed E-state index contributed by atoms with van der Waals surface area (Å²) in [6.45, 7) is 6.35. The van der Waals surface area contributed by atoms with E-state index in [4.69, 9.17) is 4.74 Å². The fraction of sp³-hybridized carbons (Fsp3) is 1.00. The first-order valence-corrected chi connectivity index (χ1v) is 15.0. The first kappa shape index (κ1) is 21.5. The molecule has 0 aromatic carbocycles. The maximum Gasteiger partial charge on any atom is 0.0846 e. The lowest BCUT2D eigenvalue weighted by atomic mass is 10.0. The van der Waals surface area contributed by atoms with Crippen molar-refractivity contribution in [2.24, 2.45) is 0 Å². The Kier molecular flexibility index (Phi) is 10.8. The van der Waals surface area contributed by atoms with Crippen molar-refractivity contribution in [3.63, 3.8) is 0 Å². The average Bonchev–Trinajstić information content (AvgIpc) is 2.62. The molecule has 0 radical (unpaired) electrons. The van der Waals surface area contributed by atoms with Crippen LogP contribution in [0.1, 0.15) is 116 Å². The van der Waals surface area contributed by atoms with Crippen LogP contribution in [0, 0.1) is 0 Å². The minimum absolute atomic E-state index is 0.650. The topological polar surface area (TPSA) is 9.23 Å². The van der Waals surface area contributed by atoms with Crippen molar-refractivity contribution in [3.05, 3.63) is 0 Å². The van der Waals surface area contributed by atoms with Crippen molar-refractivity contribution in [3.8, 4) is 0 Å². The van der Waals surface area contributed by atoms with E-state index in [1.807, 2.05) is 0 Å². The van der Waals surface area contributed by atoms with E-state index in [-0.39, 0.29) is 0 Å². The smallest absolute Gasteiger partial charge is 0.0846 e. The lowest BCUT2D eigenvalue weighted by molar-refractivity contribution is 0.0584. The summed E-state index contributed by atoms with van der Waals surface area (Å²) < 4.78 is 6.30. The van der Waals surface area contributed by atoms with Crippen LogP contribution in [-0.4, -0.2) is 20.4 Å². The van der Waals surface area contributed by atoms with Gasteiger partial charge in [0.15, 0.2) is 0 Å². The molecule has 2 rings (SSSR count). The van der Waals surface area contributed by atoms with Gasteiger partial charge in [0.05, 0.1) is 8.07 Å². The summed E-state index contributed by atoms with van der Waals surface area (Å²) in [6.07, 6.45) is 26.3. The van der Waals surface area contributed by atoms with Gasteiger partial charge in [-0.25, -0.2) is 0 Å². The summed E-state index contributed by atoms with van der Waals surface area (Å²) in [5.74, 6) is 0. The Morgan fingerprint density at radius 1 is 0.520 bits per heavy atom. The van der Waals surface area contributed by atoms with Crippen molar-refractivity contribution >= 4 is 8.07 Å². The maximum absolute atomic E-state index is 6.30. The van der Waals surface area contributed by atoms with Crippen LogP contribution in [-0.2, 0) is 4.74 Å². The quantitative estimate of drug-likeness (QED) is 0.449. The first-order valence-electron chi connectivity index (χ1n) is 11.8. The molecule has 1 aliphatic heterocycles. The van der Waals surface area contributed by atoms with Gasteiger partial charge >= 0.3 is 0 Å². The second kappa shape index (κ2) is 12.5. The van der Waals surface area contributed by atoms with Crippen molar-refractivity contribution < 1.29 is 4.74 Å². The fourth-order valence-electron chi connectivity index (χ4n) is 5.20. The van der Waals surface area contributed by atoms with Gasteiger partial charge < -0.3 is 4.74 Å². The highest BCUT2D eigenvalue weighted by Gasteiger charge is 2.40. The van der Waals surface area contributed by atoms with Crippen molar-refractivity contribution in [1.82, 2.24) is 0 Å². The first-order chi connectivity index (χ1) is 12.2.